The second-order valence-corrected chi connectivity index (χ2v) is 7.15. The third-order valence-electron chi connectivity index (χ3n) is 5.40. The van der Waals surface area contributed by atoms with Crippen molar-refractivity contribution in [3.05, 3.63) is 66.0 Å². The molecule has 0 unspecified atom stereocenters. The highest BCUT2D eigenvalue weighted by atomic mass is 15.5. The lowest BCUT2D eigenvalue weighted by Crippen LogP contribution is -2.51. The van der Waals surface area contributed by atoms with Crippen molar-refractivity contribution < 1.29 is 0 Å². The SMILES string of the molecule is Cc1cc(CN2CCN(c3ccccc3)C[C@@H]2C)c(C)n1-n1cnnc1. The predicted molar refractivity (Wildman–Crippen MR) is 103 cm³/mol. The Labute approximate surface area is 154 Å². The molecule has 0 aliphatic carbocycles. The normalized spacial score (nSPS) is 18.4. The Morgan fingerprint density at radius 3 is 2.46 bits per heavy atom. The Bertz CT molecular complexity index is 852. The van der Waals surface area contributed by atoms with Crippen molar-refractivity contribution in [3.63, 3.8) is 0 Å². The number of aromatic nitrogens is 4. The molecular formula is C20H26N6. The van der Waals surface area contributed by atoms with Crippen LogP contribution >= 0.6 is 0 Å². The summed E-state index contributed by atoms with van der Waals surface area (Å²) in [6.07, 6.45) is 3.48. The largest absolute Gasteiger partial charge is 0.369 e. The van der Waals surface area contributed by atoms with Gasteiger partial charge >= 0.3 is 0 Å². The first kappa shape index (κ1) is 16.8. The van der Waals surface area contributed by atoms with Crippen molar-refractivity contribution in [2.24, 2.45) is 0 Å². The summed E-state index contributed by atoms with van der Waals surface area (Å²) < 4.78 is 4.10. The molecule has 0 saturated carbocycles. The van der Waals surface area contributed by atoms with Crippen molar-refractivity contribution in [2.75, 3.05) is 24.5 Å². The van der Waals surface area contributed by atoms with E-state index in [1.165, 1.54) is 22.6 Å². The number of nitrogens with zero attached hydrogens (tertiary/aromatic N) is 6. The van der Waals surface area contributed by atoms with E-state index in [0.717, 1.165) is 26.2 Å². The Morgan fingerprint density at radius 2 is 1.77 bits per heavy atom. The minimum Gasteiger partial charge on any atom is -0.369 e. The highest BCUT2D eigenvalue weighted by molar-refractivity contribution is 5.46. The van der Waals surface area contributed by atoms with Crippen molar-refractivity contribution in [2.45, 2.75) is 33.4 Å². The molecule has 0 N–H and O–H groups in total. The lowest BCUT2D eigenvalue weighted by atomic mass is 10.1. The molecule has 0 amide bonds. The molecule has 136 valence electrons. The van der Waals surface area contributed by atoms with Crippen LogP contribution < -0.4 is 4.90 Å². The van der Waals surface area contributed by atoms with E-state index in [-0.39, 0.29) is 0 Å². The van der Waals surface area contributed by atoms with Crippen LogP contribution in [0.4, 0.5) is 5.69 Å². The molecule has 1 aromatic carbocycles. The summed E-state index contributed by atoms with van der Waals surface area (Å²) in [5.74, 6) is 0. The Morgan fingerprint density at radius 1 is 1.04 bits per heavy atom. The smallest absolute Gasteiger partial charge is 0.139 e. The fourth-order valence-corrected chi connectivity index (χ4v) is 3.95. The van der Waals surface area contributed by atoms with Crippen LogP contribution in [-0.2, 0) is 6.54 Å². The number of piperazine rings is 1. The summed E-state index contributed by atoms with van der Waals surface area (Å²) in [6, 6.07) is 13.5. The molecule has 1 saturated heterocycles. The van der Waals surface area contributed by atoms with E-state index in [2.05, 4.69) is 81.8 Å². The first-order valence-electron chi connectivity index (χ1n) is 9.20. The predicted octanol–water partition coefficient (Wildman–Crippen LogP) is 2.72. The number of anilines is 1. The fourth-order valence-electron chi connectivity index (χ4n) is 3.95. The van der Waals surface area contributed by atoms with Crippen LogP contribution in [0.3, 0.4) is 0 Å². The zero-order valence-corrected chi connectivity index (χ0v) is 15.7. The Hall–Kier alpha value is -2.60. The van der Waals surface area contributed by atoms with E-state index >= 15 is 0 Å². The molecule has 0 spiro atoms. The van der Waals surface area contributed by atoms with E-state index in [1.807, 2.05) is 4.68 Å². The zero-order valence-electron chi connectivity index (χ0n) is 15.7. The van der Waals surface area contributed by atoms with Gasteiger partial charge in [-0.2, -0.15) is 0 Å². The molecule has 2 aromatic heterocycles. The molecule has 1 aliphatic rings. The highest BCUT2D eigenvalue weighted by Crippen LogP contribution is 2.22. The van der Waals surface area contributed by atoms with Gasteiger partial charge in [-0.05, 0) is 44.5 Å². The summed E-state index contributed by atoms with van der Waals surface area (Å²) in [6.45, 7) is 10.8. The van der Waals surface area contributed by atoms with Crippen molar-refractivity contribution in [1.82, 2.24) is 24.4 Å². The second kappa shape index (κ2) is 6.96. The van der Waals surface area contributed by atoms with Gasteiger partial charge in [-0.15, -0.1) is 10.2 Å². The quantitative estimate of drug-likeness (QED) is 0.726. The van der Waals surface area contributed by atoms with Gasteiger partial charge in [-0.1, -0.05) is 18.2 Å². The Kier molecular flexibility index (Phi) is 4.51. The Balaban J connectivity index is 1.48. The number of hydrogen-bond acceptors (Lipinski definition) is 4. The molecule has 6 heteroatoms. The number of rotatable bonds is 4. The van der Waals surface area contributed by atoms with E-state index in [9.17, 15) is 0 Å². The minimum atomic E-state index is 0.516. The summed E-state index contributed by atoms with van der Waals surface area (Å²) in [7, 11) is 0. The number of benzene rings is 1. The van der Waals surface area contributed by atoms with Crippen LogP contribution in [0.2, 0.25) is 0 Å². The maximum absolute atomic E-state index is 3.93. The van der Waals surface area contributed by atoms with E-state index in [1.54, 1.807) is 12.7 Å². The maximum atomic E-state index is 3.93. The van der Waals surface area contributed by atoms with Gasteiger partial charge in [0.05, 0.1) is 0 Å². The molecular weight excluding hydrogens is 324 g/mol. The van der Waals surface area contributed by atoms with Crippen LogP contribution in [0.15, 0.2) is 49.1 Å². The van der Waals surface area contributed by atoms with Gasteiger partial charge in [0, 0.05) is 49.3 Å². The second-order valence-electron chi connectivity index (χ2n) is 7.15. The third-order valence-corrected chi connectivity index (χ3v) is 5.40. The van der Waals surface area contributed by atoms with Crippen molar-refractivity contribution in [3.8, 4) is 0 Å². The van der Waals surface area contributed by atoms with Crippen LogP contribution in [-0.4, -0.2) is 50.1 Å². The lowest BCUT2D eigenvalue weighted by molar-refractivity contribution is 0.180. The van der Waals surface area contributed by atoms with Crippen LogP contribution in [0, 0.1) is 13.8 Å². The average molecular weight is 350 g/mol. The number of para-hydroxylation sites is 1. The summed E-state index contributed by atoms with van der Waals surface area (Å²) in [5.41, 5.74) is 5.15. The van der Waals surface area contributed by atoms with Gasteiger partial charge in [-0.3, -0.25) is 9.58 Å². The first-order valence-corrected chi connectivity index (χ1v) is 9.20. The van der Waals surface area contributed by atoms with Gasteiger partial charge < -0.3 is 4.90 Å². The first-order chi connectivity index (χ1) is 12.6. The van der Waals surface area contributed by atoms with Crippen molar-refractivity contribution in [1.29, 1.82) is 0 Å². The van der Waals surface area contributed by atoms with Gasteiger partial charge in [0.2, 0.25) is 0 Å². The highest BCUT2D eigenvalue weighted by Gasteiger charge is 2.25. The topological polar surface area (TPSA) is 42.1 Å². The van der Waals surface area contributed by atoms with E-state index in [4.69, 9.17) is 0 Å². The van der Waals surface area contributed by atoms with Gasteiger partial charge in [0.1, 0.15) is 12.7 Å². The molecule has 26 heavy (non-hydrogen) atoms. The van der Waals surface area contributed by atoms with Gasteiger partial charge in [0.15, 0.2) is 0 Å². The van der Waals surface area contributed by atoms with E-state index in [0.29, 0.717) is 6.04 Å². The summed E-state index contributed by atoms with van der Waals surface area (Å²) >= 11 is 0. The van der Waals surface area contributed by atoms with Gasteiger partial charge in [0.25, 0.3) is 0 Å². The monoisotopic (exact) mass is 350 g/mol. The zero-order chi connectivity index (χ0) is 18.1. The standard InChI is InChI=1S/C20H26N6/c1-16-11-19(18(3)26(16)25-14-21-22-15-25)13-23-9-10-24(12-17(23)2)20-7-5-4-6-8-20/h4-8,11,14-15,17H,9-10,12-13H2,1-3H3/t17-/m0/s1. The molecule has 1 fully saturated rings. The number of hydrogen-bond donors (Lipinski definition) is 0. The molecule has 6 nitrogen and oxygen atoms in total. The fraction of sp³-hybridized carbons (Fsp3) is 0.400. The molecule has 1 aliphatic heterocycles. The molecule has 0 bridgehead atoms. The maximum Gasteiger partial charge on any atom is 0.139 e. The number of aryl methyl sites for hydroxylation is 1. The summed E-state index contributed by atoms with van der Waals surface area (Å²) in [4.78, 5) is 5.07. The average Bonchev–Trinajstić information content (AvgIpc) is 3.26. The molecule has 4 rings (SSSR count). The van der Waals surface area contributed by atoms with Crippen LogP contribution in [0.25, 0.3) is 0 Å². The molecule has 3 heterocycles. The van der Waals surface area contributed by atoms with Crippen LogP contribution in [0.1, 0.15) is 23.9 Å². The molecule has 3 aromatic rings. The van der Waals surface area contributed by atoms with Gasteiger partial charge in [-0.25, -0.2) is 4.68 Å². The third kappa shape index (κ3) is 3.12. The van der Waals surface area contributed by atoms with Crippen molar-refractivity contribution >= 4 is 5.69 Å². The summed E-state index contributed by atoms with van der Waals surface area (Å²) in [5, 5.41) is 7.86. The molecule has 1 atom stereocenters. The lowest BCUT2D eigenvalue weighted by Gasteiger charge is -2.41. The minimum absolute atomic E-state index is 0.516. The van der Waals surface area contributed by atoms with Crippen LogP contribution in [0.5, 0.6) is 0 Å². The van der Waals surface area contributed by atoms with E-state index < -0.39 is 0 Å². The molecule has 0 radical (unpaired) electrons.